The summed E-state index contributed by atoms with van der Waals surface area (Å²) in [7, 11) is 0. The van der Waals surface area contributed by atoms with Crippen LogP contribution in [0.3, 0.4) is 0 Å². The molecule has 0 radical (unpaired) electrons. The van der Waals surface area contributed by atoms with Gasteiger partial charge in [-0.15, -0.1) is 0 Å². The third-order valence-electron chi connectivity index (χ3n) is 10.9. The van der Waals surface area contributed by atoms with E-state index in [0.717, 1.165) is 49.7 Å². The topological polar surface area (TPSA) is 52.6 Å². The maximum atomic E-state index is 14.2. The van der Waals surface area contributed by atoms with Crippen LogP contribution in [0.5, 0.6) is 11.5 Å². The van der Waals surface area contributed by atoms with Crippen LogP contribution in [0.2, 0.25) is 0 Å². The summed E-state index contributed by atoms with van der Waals surface area (Å²) in [5, 5.41) is 0. The van der Waals surface area contributed by atoms with Crippen molar-refractivity contribution in [1.82, 2.24) is 0 Å². The fourth-order valence-corrected chi connectivity index (χ4v) is 7.17. The number of carbonyl (C=O) groups is 2. The highest BCUT2D eigenvalue weighted by Gasteiger charge is 2.75. The molecule has 2 aliphatic rings. The van der Waals surface area contributed by atoms with E-state index in [2.05, 4.69) is 6.92 Å². The Morgan fingerprint density at radius 1 is 0.525 bits per heavy atom. The van der Waals surface area contributed by atoms with Crippen LogP contribution < -0.4 is 9.47 Å². The Morgan fingerprint density at radius 3 is 1.19 bits per heavy atom. The van der Waals surface area contributed by atoms with Gasteiger partial charge < -0.3 is 9.47 Å². The zero-order valence-corrected chi connectivity index (χ0v) is 32.5. The molecule has 0 saturated heterocycles. The van der Waals surface area contributed by atoms with Gasteiger partial charge in [0.25, 0.3) is 0 Å². The van der Waals surface area contributed by atoms with Gasteiger partial charge in [0.05, 0.1) is 11.8 Å². The van der Waals surface area contributed by atoms with Crippen molar-refractivity contribution in [3.05, 3.63) is 59.2 Å². The van der Waals surface area contributed by atoms with Gasteiger partial charge in [0.1, 0.15) is 0 Å². The molecule has 334 valence electrons. The number of hydrogen-bond acceptors (Lipinski definition) is 4. The predicted molar refractivity (Wildman–Crippen MR) is 188 cm³/mol. The second kappa shape index (κ2) is 20.8. The summed E-state index contributed by atoms with van der Waals surface area (Å²) in [4.78, 5) is 24.4. The number of ether oxygens (including phenoxy) is 2. The van der Waals surface area contributed by atoms with E-state index >= 15 is 0 Å². The smallest absolute Gasteiger partial charge is 0.423 e. The number of esters is 2. The molecule has 0 spiro atoms. The first-order valence-corrected chi connectivity index (χ1v) is 19.6. The highest BCUT2D eigenvalue weighted by molar-refractivity contribution is 5.75. The first kappa shape index (κ1) is 49.8. The number of unbranched alkanes of at least 4 members (excludes halogenated alkanes) is 4. The number of alkyl halides is 12. The zero-order chi connectivity index (χ0) is 44.4. The minimum atomic E-state index is -6.38. The van der Waals surface area contributed by atoms with Gasteiger partial charge in [-0.3, -0.25) is 9.59 Å². The van der Waals surface area contributed by atoms with E-state index in [1.807, 2.05) is 6.92 Å². The third kappa shape index (κ3) is 12.9. The quantitative estimate of drug-likeness (QED) is 0.0774. The lowest BCUT2D eigenvalue weighted by atomic mass is 9.77. The molecule has 0 heterocycles. The van der Waals surface area contributed by atoms with E-state index in [4.69, 9.17) is 9.47 Å². The molecule has 2 aromatic rings. The zero-order valence-electron chi connectivity index (χ0n) is 32.5. The summed E-state index contributed by atoms with van der Waals surface area (Å²) in [6, 6.07) is 8.39. The Kier molecular flexibility index (Phi) is 17.5. The molecule has 0 N–H and O–H groups in total. The molecular formula is C41H48F14O4. The summed E-state index contributed by atoms with van der Waals surface area (Å²) in [5.41, 5.74) is 1.50. The average Bonchev–Trinajstić information content (AvgIpc) is 3.16. The molecule has 2 aromatic carbocycles. The van der Waals surface area contributed by atoms with E-state index in [1.54, 1.807) is 12.1 Å². The van der Waals surface area contributed by atoms with Crippen molar-refractivity contribution in [1.29, 1.82) is 0 Å². The monoisotopic (exact) mass is 870 g/mol. The van der Waals surface area contributed by atoms with Crippen molar-refractivity contribution in [2.24, 2.45) is 23.7 Å². The molecule has 0 bridgehead atoms. The van der Waals surface area contributed by atoms with Crippen LogP contribution in [0.4, 0.5) is 61.5 Å². The average molecular weight is 871 g/mol. The highest BCUT2D eigenvalue weighted by Crippen LogP contribution is 2.53. The van der Waals surface area contributed by atoms with E-state index < -0.39 is 103 Å². The number of benzene rings is 2. The summed E-state index contributed by atoms with van der Waals surface area (Å²) < 4.78 is 194. The van der Waals surface area contributed by atoms with Crippen LogP contribution in [0.1, 0.15) is 115 Å². The van der Waals surface area contributed by atoms with Crippen LogP contribution in [0, 0.1) is 35.3 Å². The summed E-state index contributed by atoms with van der Waals surface area (Å²) in [6.45, 7) is 4.08. The normalized spacial score (nSPS) is 20.7. The number of rotatable bonds is 15. The van der Waals surface area contributed by atoms with Gasteiger partial charge in [0.2, 0.25) is 0 Å². The Hall–Kier alpha value is -3.60. The lowest BCUT2D eigenvalue weighted by Crippen LogP contribution is -2.56. The van der Waals surface area contributed by atoms with Crippen LogP contribution in [-0.2, 0) is 22.4 Å². The van der Waals surface area contributed by atoms with Crippen molar-refractivity contribution >= 4 is 11.9 Å². The van der Waals surface area contributed by atoms with Crippen LogP contribution in [-0.4, -0.2) is 42.1 Å². The molecule has 0 amide bonds. The number of carbonyl (C=O) groups excluding carboxylic acids is 2. The van der Waals surface area contributed by atoms with E-state index in [1.165, 1.54) is 24.3 Å². The lowest BCUT2D eigenvalue weighted by Gasteiger charge is -2.37. The van der Waals surface area contributed by atoms with Gasteiger partial charge in [0, 0.05) is 11.8 Å². The fraction of sp³-hybridized carbons (Fsp3) is 0.659. The van der Waals surface area contributed by atoms with Gasteiger partial charge in [0.15, 0.2) is 23.1 Å². The predicted octanol–water partition coefficient (Wildman–Crippen LogP) is 13.6. The molecule has 0 unspecified atom stereocenters. The van der Waals surface area contributed by atoms with Crippen molar-refractivity contribution in [2.45, 2.75) is 147 Å². The van der Waals surface area contributed by atoms with Gasteiger partial charge in [-0.05, 0) is 112 Å². The van der Waals surface area contributed by atoms with Crippen LogP contribution in [0.15, 0.2) is 36.4 Å². The Balaban J connectivity index is 0.000000317. The van der Waals surface area contributed by atoms with Crippen molar-refractivity contribution in [2.75, 3.05) is 0 Å². The lowest BCUT2D eigenvalue weighted by molar-refractivity contribution is -0.367. The molecule has 2 saturated carbocycles. The second-order valence-electron chi connectivity index (χ2n) is 15.2. The number of hydrogen-bond donors (Lipinski definition) is 0. The molecule has 0 aromatic heterocycles. The van der Waals surface area contributed by atoms with E-state index in [-0.39, 0.29) is 37.2 Å². The Morgan fingerprint density at radius 2 is 0.881 bits per heavy atom. The molecule has 2 aliphatic carbocycles. The maximum absolute atomic E-state index is 14.2. The second-order valence-corrected chi connectivity index (χ2v) is 15.2. The summed E-state index contributed by atoms with van der Waals surface area (Å²) in [5.74, 6) is -25.9. The fourth-order valence-electron chi connectivity index (χ4n) is 7.17. The third-order valence-corrected chi connectivity index (χ3v) is 10.9. The molecule has 4 nitrogen and oxygen atoms in total. The van der Waals surface area contributed by atoms with Crippen LogP contribution >= 0.6 is 0 Å². The number of halogens is 14. The number of aryl methyl sites for hydroxylation is 2. The van der Waals surface area contributed by atoms with Crippen LogP contribution in [0.25, 0.3) is 0 Å². The summed E-state index contributed by atoms with van der Waals surface area (Å²) in [6.07, 6.45) is -8.11. The highest BCUT2D eigenvalue weighted by atomic mass is 19.4. The first-order chi connectivity index (χ1) is 27.4. The van der Waals surface area contributed by atoms with Gasteiger partial charge in [-0.25, -0.2) is 8.78 Å². The van der Waals surface area contributed by atoms with Gasteiger partial charge in [-0.1, -0.05) is 51.7 Å². The van der Waals surface area contributed by atoms with Crippen molar-refractivity contribution < 1.29 is 80.5 Å². The minimum absolute atomic E-state index is 0.147. The molecule has 0 atom stereocenters. The van der Waals surface area contributed by atoms with Crippen molar-refractivity contribution in [3.63, 3.8) is 0 Å². The maximum Gasteiger partial charge on any atom is 0.459 e. The van der Waals surface area contributed by atoms with Gasteiger partial charge in [-0.2, -0.15) is 52.7 Å². The Bertz CT molecular complexity index is 1660. The molecule has 2 fully saturated rings. The largest absolute Gasteiger partial charge is 0.459 e. The molecule has 59 heavy (non-hydrogen) atoms. The standard InChI is InChI=1S/C21H24F8O2.C20H24F6O2/c1-2-3-4-5-13-6-11-17(16(22)12-13)31-18(30)14-7-9-15(10-8-14)19(23,24)20(25,26)21(27,28)29;1-2-3-4-5-13-6-11-17(16(21)12-13)28-18(27)14-7-9-15(10-8-14)19(22,23)20(24,25)26/h6,11-12,14-15H,2-5,7-10H2,1H3;6,11-12,14-15H,2-5,7-10H2,1H3. The first-order valence-electron chi connectivity index (χ1n) is 19.6. The van der Waals surface area contributed by atoms with E-state index in [0.29, 0.717) is 12.8 Å². The van der Waals surface area contributed by atoms with Crippen molar-refractivity contribution in [3.8, 4) is 11.5 Å². The Labute approximate surface area is 333 Å². The molecule has 4 rings (SSSR count). The van der Waals surface area contributed by atoms with Gasteiger partial charge >= 0.3 is 42.1 Å². The molecule has 0 aliphatic heterocycles. The summed E-state index contributed by atoms with van der Waals surface area (Å²) >= 11 is 0. The molecular weight excluding hydrogens is 822 g/mol. The minimum Gasteiger partial charge on any atom is -0.423 e. The SMILES string of the molecule is CCCCCc1ccc(OC(=O)C2CCC(C(F)(F)C(F)(F)C(F)(F)F)CC2)c(F)c1.CCCCCc1ccc(OC(=O)C2CCC(C(F)(F)C(F)(F)F)CC2)c(F)c1. The van der Waals surface area contributed by atoms with E-state index in [9.17, 15) is 71.1 Å². The molecule has 18 heteroatoms.